The van der Waals surface area contributed by atoms with Crippen LogP contribution >= 0.6 is 0 Å². The van der Waals surface area contributed by atoms with Crippen molar-refractivity contribution in [2.75, 3.05) is 13.1 Å². The van der Waals surface area contributed by atoms with Crippen LogP contribution in [0.1, 0.15) is 27.3 Å². The van der Waals surface area contributed by atoms with Gasteiger partial charge in [-0.2, -0.15) is 0 Å². The Hall–Kier alpha value is -3.41. The fraction of sp³-hybridized carbons (Fsp3) is 0.150. The summed E-state index contributed by atoms with van der Waals surface area (Å²) in [6, 6.07) is 20.1. The molecular formula is C20H19N3O3. The van der Waals surface area contributed by atoms with Crippen LogP contribution in [0.2, 0.25) is 0 Å². The van der Waals surface area contributed by atoms with Gasteiger partial charge in [0.25, 0.3) is 11.8 Å². The lowest BCUT2D eigenvalue weighted by molar-refractivity contribution is 0.0944. The van der Waals surface area contributed by atoms with Gasteiger partial charge in [0.05, 0.1) is 0 Å². The Bertz CT molecular complexity index is 860. The molecule has 0 unspecified atom stereocenters. The van der Waals surface area contributed by atoms with Gasteiger partial charge in [-0.3, -0.25) is 9.59 Å². The van der Waals surface area contributed by atoms with Crippen LogP contribution in [0.25, 0.3) is 11.3 Å². The van der Waals surface area contributed by atoms with Gasteiger partial charge >= 0.3 is 0 Å². The smallest absolute Gasteiger partial charge is 0.273 e. The largest absolute Gasteiger partial charge is 0.355 e. The quantitative estimate of drug-likeness (QED) is 0.643. The molecule has 1 aromatic heterocycles. The standard InChI is InChI=1S/C20H19N3O3/c24-19(16-10-5-2-6-11-16)21-12-7-13-22-20(25)17-14-18(26-23-17)15-8-3-1-4-9-15/h1-6,8-11,14H,7,12-13H2,(H,21,24)(H,22,25). The lowest BCUT2D eigenvalue weighted by Crippen LogP contribution is -2.30. The van der Waals surface area contributed by atoms with Crippen molar-refractivity contribution in [2.24, 2.45) is 0 Å². The number of amides is 2. The Kier molecular flexibility index (Phi) is 5.77. The van der Waals surface area contributed by atoms with Gasteiger partial charge in [0, 0.05) is 30.3 Å². The highest BCUT2D eigenvalue weighted by molar-refractivity contribution is 5.94. The van der Waals surface area contributed by atoms with Crippen LogP contribution in [0.15, 0.2) is 71.3 Å². The molecule has 6 heteroatoms. The van der Waals surface area contributed by atoms with Crippen LogP contribution in [-0.2, 0) is 0 Å². The van der Waals surface area contributed by atoms with Crippen molar-refractivity contribution in [3.05, 3.63) is 78.0 Å². The van der Waals surface area contributed by atoms with Crippen LogP contribution in [-0.4, -0.2) is 30.1 Å². The van der Waals surface area contributed by atoms with E-state index in [9.17, 15) is 9.59 Å². The molecule has 0 radical (unpaired) electrons. The highest BCUT2D eigenvalue weighted by atomic mass is 16.5. The Morgan fingerprint density at radius 1 is 0.846 bits per heavy atom. The molecule has 0 atom stereocenters. The number of nitrogens with zero attached hydrogens (tertiary/aromatic N) is 1. The van der Waals surface area contributed by atoms with Crippen LogP contribution < -0.4 is 10.6 Å². The van der Waals surface area contributed by atoms with E-state index in [-0.39, 0.29) is 17.5 Å². The summed E-state index contributed by atoms with van der Waals surface area (Å²) in [5.74, 6) is 0.122. The highest BCUT2D eigenvalue weighted by Crippen LogP contribution is 2.19. The fourth-order valence-corrected chi connectivity index (χ4v) is 2.40. The number of hydrogen-bond acceptors (Lipinski definition) is 4. The number of nitrogens with one attached hydrogen (secondary N) is 2. The van der Waals surface area contributed by atoms with Crippen molar-refractivity contribution in [1.29, 1.82) is 0 Å². The molecule has 0 saturated heterocycles. The molecule has 0 aliphatic rings. The third-order valence-electron chi connectivity index (χ3n) is 3.76. The average Bonchev–Trinajstić information content (AvgIpc) is 3.19. The number of carbonyl (C=O) groups excluding carboxylic acids is 2. The molecule has 3 aromatic rings. The topological polar surface area (TPSA) is 84.2 Å². The van der Waals surface area contributed by atoms with Crippen LogP contribution in [0.5, 0.6) is 0 Å². The van der Waals surface area contributed by atoms with E-state index in [2.05, 4.69) is 15.8 Å². The normalized spacial score (nSPS) is 10.3. The molecule has 0 spiro atoms. The van der Waals surface area contributed by atoms with Gasteiger partial charge in [-0.15, -0.1) is 0 Å². The molecule has 0 aliphatic heterocycles. The first-order chi connectivity index (χ1) is 12.7. The Morgan fingerprint density at radius 3 is 2.15 bits per heavy atom. The number of hydrogen-bond donors (Lipinski definition) is 2. The van der Waals surface area contributed by atoms with Gasteiger partial charge in [0.2, 0.25) is 0 Å². The summed E-state index contributed by atoms with van der Waals surface area (Å²) < 4.78 is 5.21. The maximum absolute atomic E-state index is 12.1. The monoisotopic (exact) mass is 349 g/mol. The number of rotatable bonds is 7. The van der Waals surface area contributed by atoms with Crippen molar-refractivity contribution in [1.82, 2.24) is 15.8 Å². The van der Waals surface area contributed by atoms with E-state index in [0.29, 0.717) is 30.8 Å². The van der Waals surface area contributed by atoms with Crippen molar-refractivity contribution in [2.45, 2.75) is 6.42 Å². The SMILES string of the molecule is O=C(NCCCNC(=O)c1cc(-c2ccccc2)on1)c1ccccc1. The van der Waals surface area contributed by atoms with E-state index in [1.54, 1.807) is 18.2 Å². The summed E-state index contributed by atoms with van der Waals surface area (Å²) in [6.45, 7) is 0.906. The van der Waals surface area contributed by atoms with Gasteiger partial charge in [0.15, 0.2) is 11.5 Å². The molecule has 2 amide bonds. The second-order valence-corrected chi connectivity index (χ2v) is 5.67. The second-order valence-electron chi connectivity index (χ2n) is 5.67. The van der Waals surface area contributed by atoms with Crippen molar-refractivity contribution < 1.29 is 14.1 Å². The van der Waals surface area contributed by atoms with E-state index >= 15 is 0 Å². The summed E-state index contributed by atoms with van der Waals surface area (Å²) in [4.78, 5) is 24.0. The van der Waals surface area contributed by atoms with Crippen LogP contribution in [0.3, 0.4) is 0 Å². The summed E-state index contributed by atoms with van der Waals surface area (Å²) in [5, 5.41) is 9.38. The fourth-order valence-electron chi connectivity index (χ4n) is 2.40. The van der Waals surface area contributed by atoms with Gasteiger partial charge in [-0.25, -0.2) is 0 Å². The Morgan fingerprint density at radius 2 is 1.46 bits per heavy atom. The predicted octanol–water partition coefficient (Wildman–Crippen LogP) is 2.89. The van der Waals surface area contributed by atoms with Crippen molar-refractivity contribution in [3.63, 3.8) is 0 Å². The molecular weight excluding hydrogens is 330 g/mol. The lowest BCUT2D eigenvalue weighted by atomic mass is 10.1. The molecule has 0 fully saturated rings. The average molecular weight is 349 g/mol. The van der Waals surface area contributed by atoms with Gasteiger partial charge < -0.3 is 15.2 Å². The molecule has 2 N–H and O–H groups in total. The number of benzene rings is 2. The first kappa shape index (κ1) is 17.4. The summed E-state index contributed by atoms with van der Waals surface area (Å²) in [5.41, 5.74) is 1.72. The number of aromatic nitrogens is 1. The second kappa shape index (κ2) is 8.62. The zero-order valence-electron chi connectivity index (χ0n) is 14.1. The summed E-state index contributed by atoms with van der Waals surface area (Å²) in [6.07, 6.45) is 0.619. The molecule has 3 rings (SSSR count). The van der Waals surface area contributed by atoms with E-state index in [1.165, 1.54) is 0 Å². The summed E-state index contributed by atoms with van der Waals surface area (Å²) in [7, 11) is 0. The zero-order valence-corrected chi connectivity index (χ0v) is 14.1. The highest BCUT2D eigenvalue weighted by Gasteiger charge is 2.13. The molecule has 0 aliphatic carbocycles. The molecule has 0 bridgehead atoms. The van der Waals surface area contributed by atoms with Crippen LogP contribution in [0, 0.1) is 0 Å². The number of carbonyl (C=O) groups is 2. The van der Waals surface area contributed by atoms with E-state index in [0.717, 1.165) is 5.56 Å². The molecule has 1 heterocycles. The third kappa shape index (κ3) is 4.57. The van der Waals surface area contributed by atoms with Crippen LogP contribution in [0.4, 0.5) is 0 Å². The summed E-state index contributed by atoms with van der Waals surface area (Å²) >= 11 is 0. The van der Waals surface area contributed by atoms with E-state index in [4.69, 9.17) is 4.52 Å². The minimum absolute atomic E-state index is 0.124. The first-order valence-electron chi connectivity index (χ1n) is 8.37. The first-order valence-corrected chi connectivity index (χ1v) is 8.37. The van der Waals surface area contributed by atoms with Crippen molar-refractivity contribution >= 4 is 11.8 Å². The Balaban J connectivity index is 1.41. The Labute approximate surface area is 151 Å². The maximum atomic E-state index is 12.1. The lowest BCUT2D eigenvalue weighted by Gasteiger charge is -2.05. The van der Waals surface area contributed by atoms with E-state index < -0.39 is 0 Å². The predicted molar refractivity (Wildman–Crippen MR) is 97.7 cm³/mol. The zero-order chi connectivity index (χ0) is 18.2. The molecule has 26 heavy (non-hydrogen) atoms. The van der Waals surface area contributed by atoms with Gasteiger partial charge in [0.1, 0.15) is 0 Å². The minimum Gasteiger partial charge on any atom is -0.355 e. The molecule has 6 nitrogen and oxygen atoms in total. The van der Waals surface area contributed by atoms with Crippen molar-refractivity contribution in [3.8, 4) is 11.3 Å². The maximum Gasteiger partial charge on any atom is 0.273 e. The minimum atomic E-state index is -0.301. The molecule has 132 valence electrons. The third-order valence-corrected chi connectivity index (χ3v) is 3.76. The molecule has 2 aromatic carbocycles. The van der Waals surface area contributed by atoms with Gasteiger partial charge in [-0.05, 0) is 18.6 Å². The molecule has 0 saturated carbocycles. The van der Waals surface area contributed by atoms with E-state index in [1.807, 2.05) is 48.5 Å². The van der Waals surface area contributed by atoms with Gasteiger partial charge in [-0.1, -0.05) is 53.7 Å².